The number of fused-ring (bicyclic) bond motifs is 1. The van der Waals surface area contributed by atoms with Crippen molar-refractivity contribution in [2.45, 2.75) is 0 Å². The average Bonchev–Trinajstić information content (AvgIpc) is 2.41. The summed E-state index contributed by atoms with van der Waals surface area (Å²) in [5, 5.41) is 0.751. The highest BCUT2D eigenvalue weighted by molar-refractivity contribution is 5.84. The standard InChI is InChI=1S/C14H10FN3O/c15-9-5-7-10(8-6-9)19-13-11-3-1-2-4-12(11)17-14(16)18-13/h1-8H,(H2,16,17,18). The predicted molar refractivity (Wildman–Crippen MR) is 70.4 cm³/mol. The van der Waals surface area contributed by atoms with Crippen molar-refractivity contribution in [1.29, 1.82) is 0 Å². The molecule has 0 saturated heterocycles. The molecule has 0 aliphatic carbocycles. The molecule has 0 saturated carbocycles. The monoisotopic (exact) mass is 255 g/mol. The Bertz CT molecular complexity index is 728. The normalized spacial score (nSPS) is 10.6. The molecule has 3 rings (SSSR count). The summed E-state index contributed by atoms with van der Waals surface area (Å²) < 4.78 is 18.5. The maximum atomic E-state index is 12.8. The molecule has 1 aromatic heterocycles. The van der Waals surface area contributed by atoms with E-state index in [0.717, 1.165) is 5.39 Å². The van der Waals surface area contributed by atoms with Crippen molar-refractivity contribution in [2.75, 3.05) is 5.73 Å². The molecule has 0 bridgehead atoms. The lowest BCUT2D eigenvalue weighted by Gasteiger charge is -2.08. The van der Waals surface area contributed by atoms with E-state index in [9.17, 15) is 4.39 Å². The molecule has 94 valence electrons. The summed E-state index contributed by atoms with van der Waals surface area (Å²) in [6, 6.07) is 13.1. The van der Waals surface area contributed by atoms with Crippen molar-refractivity contribution >= 4 is 16.9 Å². The van der Waals surface area contributed by atoms with E-state index in [1.54, 1.807) is 0 Å². The summed E-state index contributed by atoms with van der Waals surface area (Å²) in [5.74, 6) is 0.662. The summed E-state index contributed by atoms with van der Waals surface area (Å²) in [6.45, 7) is 0. The van der Waals surface area contributed by atoms with Gasteiger partial charge in [-0.05, 0) is 36.4 Å². The number of ether oxygens (including phenoxy) is 1. The van der Waals surface area contributed by atoms with Gasteiger partial charge in [0.2, 0.25) is 11.8 Å². The number of anilines is 1. The van der Waals surface area contributed by atoms with Crippen molar-refractivity contribution in [2.24, 2.45) is 0 Å². The molecule has 5 heteroatoms. The maximum absolute atomic E-state index is 12.8. The van der Waals surface area contributed by atoms with Crippen LogP contribution in [-0.4, -0.2) is 9.97 Å². The highest BCUT2D eigenvalue weighted by atomic mass is 19.1. The molecule has 3 aromatic rings. The van der Waals surface area contributed by atoms with E-state index >= 15 is 0 Å². The van der Waals surface area contributed by atoms with Crippen LogP contribution in [0.1, 0.15) is 0 Å². The number of aromatic nitrogens is 2. The Hall–Kier alpha value is -2.69. The third kappa shape index (κ3) is 2.30. The number of rotatable bonds is 2. The summed E-state index contributed by atoms with van der Waals surface area (Å²) in [6.07, 6.45) is 0. The number of para-hydroxylation sites is 1. The van der Waals surface area contributed by atoms with Crippen molar-refractivity contribution in [3.63, 3.8) is 0 Å². The van der Waals surface area contributed by atoms with Gasteiger partial charge in [0.15, 0.2) is 0 Å². The van der Waals surface area contributed by atoms with E-state index in [0.29, 0.717) is 17.1 Å². The number of benzene rings is 2. The Kier molecular flexibility index (Phi) is 2.72. The van der Waals surface area contributed by atoms with Gasteiger partial charge in [0.05, 0.1) is 10.9 Å². The van der Waals surface area contributed by atoms with Gasteiger partial charge in [0.25, 0.3) is 0 Å². The van der Waals surface area contributed by atoms with Crippen LogP contribution in [0.4, 0.5) is 10.3 Å². The van der Waals surface area contributed by atoms with Gasteiger partial charge in [-0.25, -0.2) is 9.37 Å². The van der Waals surface area contributed by atoms with Gasteiger partial charge in [-0.1, -0.05) is 12.1 Å². The summed E-state index contributed by atoms with van der Waals surface area (Å²) in [4.78, 5) is 8.19. The number of nitrogen functional groups attached to an aromatic ring is 1. The summed E-state index contributed by atoms with van der Waals surface area (Å²) in [7, 11) is 0. The van der Waals surface area contributed by atoms with E-state index in [4.69, 9.17) is 10.5 Å². The fourth-order valence-corrected chi connectivity index (χ4v) is 1.76. The molecule has 0 unspecified atom stereocenters. The van der Waals surface area contributed by atoms with Crippen LogP contribution in [0.2, 0.25) is 0 Å². The number of nitrogens with two attached hydrogens (primary N) is 1. The minimum Gasteiger partial charge on any atom is -0.438 e. The maximum Gasteiger partial charge on any atom is 0.231 e. The second-order valence-corrected chi connectivity index (χ2v) is 3.96. The summed E-state index contributed by atoms with van der Waals surface area (Å²) in [5.41, 5.74) is 6.34. The van der Waals surface area contributed by atoms with E-state index in [2.05, 4.69) is 9.97 Å². The zero-order valence-electron chi connectivity index (χ0n) is 9.88. The fourth-order valence-electron chi connectivity index (χ4n) is 1.76. The lowest BCUT2D eigenvalue weighted by atomic mass is 10.2. The van der Waals surface area contributed by atoms with E-state index in [1.807, 2.05) is 24.3 Å². The second-order valence-electron chi connectivity index (χ2n) is 3.96. The van der Waals surface area contributed by atoms with Crippen LogP contribution < -0.4 is 10.5 Å². The molecule has 0 atom stereocenters. The molecule has 0 aliphatic rings. The SMILES string of the molecule is Nc1nc(Oc2ccc(F)cc2)c2ccccc2n1. The van der Waals surface area contributed by atoms with Gasteiger partial charge >= 0.3 is 0 Å². The molecule has 1 heterocycles. The van der Waals surface area contributed by atoms with Crippen molar-refractivity contribution < 1.29 is 9.13 Å². The molecule has 0 radical (unpaired) electrons. The number of hydrogen-bond acceptors (Lipinski definition) is 4. The molecule has 0 aliphatic heterocycles. The number of hydrogen-bond donors (Lipinski definition) is 1. The smallest absolute Gasteiger partial charge is 0.231 e. The van der Waals surface area contributed by atoms with E-state index < -0.39 is 0 Å². The van der Waals surface area contributed by atoms with Gasteiger partial charge in [0.1, 0.15) is 11.6 Å². The first-order valence-electron chi connectivity index (χ1n) is 5.68. The number of halogens is 1. The highest BCUT2D eigenvalue weighted by Gasteiger charge is 2.08. The van der Waals surface area contributed by atoms with Gasteiger partial charge in [-0.3, -0.25) is 0 Å². The third-order valence-electron chi connectivity index (χ3n) is 2.61. The average molecular weight is 255 g/mol. The molecule has 2 aromatic carbocycles. The van der Waals surface area contributed by atoms with Crippen LogP contribution in [0.3, 0.4) is 0 Å². The van der Waals surface area contributed by atoms with Crippen LogP contribution in [0.5, 0.6) is 11.6 Å². The Labute approximate surface area is 108 Å². The molecule has 0 spiro atoms. The van der Waals surface area contributed by atoms with Crippen LogP contribution in [0, 0.1) is 5.82 Å². The zero-order valence-corrected chi connectivity index (χ0v) is 9.88. The number of nitrogens with zero attached hydrogens (tertiary/aromatic N) is 2. The second kappa shape index (κ2) is 4.53. The lowest BCUT2D eigenvalue weighted by molar-refractivity contribution is 0.467. The Morgan fingerprint density at radius 2 is 1.68 bits per heavy atom. The van der Waals surface area contributed by atoms with Crippen LogP contribution in [0.25, 0.3) is 10.9 Å². The van der Waals surface area contributed by atoms with Crippen LogP contribution in [0.15, 0.2) is 48.5 Å². The van der Waals surface area contributed by atoms with Crippen LogP contribution in [-0.2, 0) is 0 Å². The molecule has 0 amide bonds. The predicted octanol–water partition coefficient (Wildman–Crippen LogP) is 3.14. The Morgan fingerprint density at radius 3 is 2.47 bits per heavy atom. The first kappa shape index (κ1) is 11.4. The topological polar surface area (TPSA) is 61.0 Å². The lowest BCUT2D eigenvalue weighted by Crippen LogP contribution is -1.98. The molecule has 0 fully saturated rings. The minimum absolute atomic E-state index is 0.135. The molecular weight excluding hydrogens is 245 g/mol. The highest BCUT2D eigenvalue weighted by Crippen LogP contribution is 2.27. The van der Waals surface area contributed by atoms with E-state index in [-0.39, 0.29) is 11.8 Å². The summed E-state index contributed by atoms with van der Waals surface area (Å²) >= 11 is 0. The Balaban J connectivity index is 2.07. The molecule has 2 N–H and O–H groups in total. The van der Waals surface area contributed by atoms with Crippen molar-refractivity contribution in [3.05, 3.63) is 54.3 Å². The van der Waals surface area contributed by atoms with Gasteiger partial charge < -0.3 is 10.5 Å². The Morgan fingerprint density at radius 1 is 0.947 bits per heavy atom. The molecule has 19 heavy (non-hydrogen) atoms. The molecular formula is C14H10FN3O. The zero-order chi connectivity index (χ0) is 13.2. The largest absolute Gasteiger partial charge is 0.438 e. The fraction of sp³-hybridized carbons (Fsp3) is 0. The first-order chi connectivity index (χ1) is 9.22. The minimum atomic E-state index is -0.320. The quantitative estimate of drug-likeness (QED) is 0.764. The molecule has 4 nitrogen and oxygen atoms in total. The van der Waals surface area contributed by atoms with Gasteiger partial charge in [0, 0.05) is 0 Å². The first-order valence-corrected chi connectivity index (χ1v) is 5.68. The van der Waals surface area contributed by atoms with E-state index in [1.165, 1.54) is 24.3 Å². The van der Waals surface area contributed by atoms with Crippen molar-refractivity contribution in [3.8, 4) is 11.6 Å². The van der Waals surface area contributed by atoms with Crippen molar-refractivity contribution in [1.82, 2.24) is 9.97 Å². The van der Waals surface area contributed by atoms with Crippen LogP contribution >= 0.6 is 0 Å². The van der Waals surface area contributed by atoms with Gasteiger partial charge in [-0.2, -0.15) is 4.98 Å². The van der Waals surface area contributed by atoms with Gasteiger partial charge in [-0.15, -0.1) is 0 Å². The third-order valence-corrected chi connectivity index (χ3v) is 2.61.